The van der Waals surface area contributed by atoms with E-state index in [1.54, 1.807) is 0 Å². The Morgan fingerprint density at radius 2 is 2.55 bits per heavy atom. The van der Waals surface area contributed by atoms with Gasteiger partial charge in [-0.1, -0.05) is 20.3 Å². The predicted molar refractivity (Wildman–Crippen MR) is 42.3 cm³/mol. The van der Waals surface area contributed by atoms with Crippen molar-refractivity contribution in [2.24, 2.45) is 5.92 Å². The number of alkyl carbamates (subject to hydrolysis) is 1. The molecule has 1 N–H and O–H groups in total. The molecule has 0 radical (unpaired) electrons. The highest BCUT2D eigenvalue weighted by Gasteiger charge is 2.22. The zero-order valence-corrected chi connectivity index (χ0v) is 7.09. The van der Waals surface area contributed by atoms with E-state index in [0.29, 0.717) is 12.5 Å². The summed E-state index contributed by atoms with van der Waals surface area (Å²) in [5.74, 6) is 0.669. The minimum Gasteiger partial charge on any atom is -0.447 e. The minimum atomic E-state index is -0.265. The summed E-state index contributed by atoms with van der Waals surface area (Å²) in [6.45, 7) is 4.88. The van der Waals surface area contributed by atoms with Gasteiger partial charge in [0.25, 0.3) is 0 Å². The van der Waals surface area contributed by atoms with Gasteiger partial charge >= 0.3 is 6.09 Å². The number of hydrogen-bond acceptors (Lipinski definition) is 2. The number of ether oxygens (including phenoxy) is 1. The first kappa shape index (κ1) is 8.37. The lowest BCUT2D eigenvalue weighted by Gasteiger charge is -2.11. The molecule has 0 aromatic heterocycles. The first-order chi connectivity index (χ1) is 5.22. The lowest BCUT2D eigenvalue weighted by atomic mass is 10.0. The third kappa shape index (κ3) is 2.41. The first-order valence-electron chi connectivity index (χ1n) is 4.15. The van der Waals surface area contributed by atoms with E-state index in [1.807, 2.05) is 0 Å². The monoisotopic (exact) mass is 157 g/mol. The Kier molecular flexibility index (Phi) is 2.74. The molecule has 0 bridgehead atoms. The van der Waals surface area contributed by atoms with Crippen molar-refractivity contribution in [3.63, 3.8) is 0 Å². The fourth-order valence-corrected chi connectivity index (χ4v) is 1.21. The standard InChI is InChI=1S/C8H15NO2/c1-3-6(2)4-7-5-11-8(10)9-7/h6-7H,3-5H2,1-2H3,(H,9,10). The number of carbonyl (C=O) groups is 1. The topological polar surface area (TPSA) is 38.3 Å². The molecular weight excluding hydrogens is 142 g/mol. The van der Waals surface area contributed by atoms with E-state index in [1.165, 1.54) is 0 Å². The molecule has 1 fully saturated rings. The van der Waals surface area contributed by atoms with Crippen LogP contribution < -0.4 is 5.32 Å². The van der Waals surface area contributed by atoms with Crippen molar-refractivity contribution in [1.29, 1.82) is 0 Å². The first-order valence-corrected chi connectivity index (χ1v) is 4.15. The zero-order chi connectivity index (χ0) is 8.27. The molecule has 3 nitrogen and oxygen atoms in total. The van der Waals surface area contributed by atoms with E-state index in [0.717, 1.165) is 12.8 Å². The van der Waals surface area contributed by atoms with Crippen molar-refractivity contribution >= 4 is 6.09 Å². The van der Waals surface area contributed by atoms with Gasteiger partial charge in [-0.05, 0) is 12.3 Å². The molecule has 2 atom stereocenters. The second-order valence-corrected chi connectivity index (χ2v) is 3.19. The number of nitrogens with one attached hydrogen (secondary N) is 1. The second-order valence-electron chi connectivity index (χ2n) is 3.19. The van der Waals surface area contributed by atoms with E-state index < -0.39 is 0 Å². The summed E-state index contributed by atoms with van der Waals surface area (Å²) < 4.78 is 4.76. The maximum atomic E-state index is 10.6. The average molecular weight is 157 g/mol. The van der Waals surface area contributed by atoms with Gasteiger partial charge in [0.1, 0.15) is 6.61 Å². The van der Waals surface area contributed by atoms with Gasteiger partial charge in [0.15, 0.2) is 0 Å². The zero-order valence-electron chi connectivity index (χ0n) is 7.09. The van der Waals surface area contributed by atoms with Crippen LogP contribution in [0.5, 0.6) is 0 Å². The van der Waals surface area contributed by atoms with Crippen molar-refractivity contribution in [3.8, 4) is 0 Å². The molecule has 11 heavy (non-hydrogen) atoms. The van der Waals surface area contributed by atoms with Crippen LogP contribution in [0.15, 0.2) is 0 Å². The molecule has 3 heteroatoms. The lowest BCUT2D eigenvalue weighted by Crippen LogP contribution is -2.27. The summed E-state index contributed by atoms with van der Waals surface area (Å²) in [6.07, 6.45) is 1.92. The largest absolute Gasteiger partial charge is 0.447 e. The van der Waals surface area contributed by atoms with Crippen molar-refractivity contribution in [1.82, 2.24) is 5.32 Å². The van der Waals surface area contributed by atoms with Crippen molar-refractivity contribution in [2.45, 2.75) is 32.7 Å². The predicted octanol–water partition coefficient (Wildman–Crippen LogP) is 1.53. The van der Waals surface area contributed by atoms with E-state index >= 15 is 0 Å². The third-order valence-corrected chi connectivity index (χ3v) is 2.12. The Balaban J connectivity index is 2.22. The molecule has 64 valence electrons. The van der Waals surface area contributed by atoms with Gasteiger partial charge in [-0.15, -0.1) is 0 Å². The molecule has 0 saturated carbocycles. The van der Waals surface area contributed by atoms with Gasteiger partial charge < -0.3 is 10.1 Å². The highest BCUT2D eigenvalue weighted by atomic mass is 16.6. The Labute approximate surface area is 67.1 Å². The van der Waals surface area contributed by atoms with Gasteiger partial charge in [-0.25, -0.2) is 4.79 Å². The number of rotatable bonds is 3. The Morgan fingerprint density at radius 1 is 1.82 bits per heavy atom. The highest BCUT2D eigenvalue weighted by molar-refractivity contribution is 5.69. The van der Waals surface area contributed by atoms with Crippen LogP contribution in [0, 0.1) is 5.92 Å². The fraction of sp³-hybridized carbons (Fsp3) is 0.875. The van der Waals surface area contributed by atoms with Crippen LogP contribution in [0.2, 0.25) is 0 Å². The molecule has 0 aromatic carbocycles. The maximum Gasteiger partial charge on any atom is 0.407 e. The Bertz CT molecular complexity index is 147. The van der Waals surface area contributed by atoms with Crippen LogP contribution in [-0.4, -0.2) is 18.7 Å². The summed E-state index contributed by atoms with van der Waals surface area (Å²) in [4.78, 5) is 10.6. The van der Waals surface area contributed by atoms with Crippen molar-refractivity contribution in [2.75, 3.05) is 6.61 Å². The molecule has 1 saturated heterocycles. The highest BCUT2D eigenvalue weighted by Crippen LogP contribution is 2.12. The van der Waals surface area contributed by atoms with Crippen LogP contribution in [0.1, 0.15) is 26.7 Å². The second kappa shape index (κ2) is 3.60. The molecule has 2 unspecified atom stereocenters. The fourth-order valence-electron chi connectivity index (χ4n) is 1.21. The summed E-state index contributed by atoms with van der Waals surface area (Å²) in [5.41, 5.74) is 0. The number of carbonyl (C=O) groups excluding carboxylic acids is 1. The van der Waals surface area contributed by atoms with Crippen LogP contribution in [0.3, 0.4) is 0 Å². The molecule has 1 amide bonds. The molecule has 1 rings (SSSR count). The van der Waals surface area contributed by atoms with E-state index in [4.69, 9.17) is 4.74 Å². The molecule has 1 aliphatic rings. The number of amides is 1. The van der Waals surface area contributed by atoms with E-state index in [-0.39, 0.29) is 12.1 Å². The minimum absolute atomic E-state index is 0.248. The smallest absolute Gasteiger partial charge is 0.407 e. The SMILES string of the molecule is CCC(C)CC1COC(=O)N1. The quantitative estimate of drug-likeness (QED) is 0.674. The molecular formula is C8H15NO2. The van der Waals surface area contributed by atoms with Gasteiger partial charge in [0, 0.05) is 0 Å². The molecule has 1 aliphatic heterocycles. The number of cyclic esters (lactones) is 1. The Hall–Kier alpha value is -0.730. The molecule has 1 heterocycles. The van der Waals surface area contributed by atoms with Crippen molar-refractivity contribution in [3.05, 3.63) is 0 Å². The summed E-state index contributed by atoms with van der Waals surface area (Å²) >= 11 is 0. The van der Waals surface area contributed by atoms with Crippen LogP contribution in [0.25, 0.3) is 0 Å². The summed E-state index contributed by atoms with van der Waals surface area (Å²) in [5, 5.41) is 2.76. The molecule has 0 aliphatic carbocycles. The van der Waals surface area contributed by atoms with Gasteiger partial charge in [-0.2, -0.15) is 0 Å². The van der Waals surface area contributed by atoms with E-state index in [9.17, 15) is 4.79 Å². The summed E-state index contributed by atoms with van der Waals surface area (Å²) in [7, 11) is 0. The van der Waals surface area contributed by atoms with Gasteiger partial charge in [0.05, 0.1) is 6.04 Å². The van der Waals surface area contributed by atoms with Crippen LogP contribution >= 0.6 is 0 Å². The van der Waals surface area contributed by atoms with E-state index in [2.05, 4.69) is 19.2 Å². The molecule has 0 spiro atoms. The van der Waals surface area contributed by atoms with Crippen LogP contribution in [0.4, 0.5) is 4.79 Å². The van der Waals surface area contributed by atoms with Gasteiger partial charge in [-0.3, -0.25) is 0 Å². The molecule has 0 aromatic rings. The summed E-state index contributed by atoms with van der Waals surface area (Å²) in [6, 6.07) is 0.248. The van der Waals surface area contributed by atoms with Crippen LogP contribution in [-0.2, 0) is 4.74 Å². The average Bonchev–Trinajstić information content (AvgIpc) is 2.35. The number of hydrogen-bond donors (Lipinski definition) is 1. The Morgan fingerprint density at radius 3 is 3.00 bits per heavy atom. The van der Waals surface area contributed by atoms with Gasteiger partial charge in [0.2, 0.25) is 0 Å². The normalized spacial score (nSPS) is 26.0. The van der Waals surface area contributed by atoms with Crippen molar-refractivity contribution < 1.29 is 9.53 Å². The lowest BCUT2D eigenvalue weighted by molar-refractivity contribution is 0.176. The maximum absolute atomic E-state index is 10.6. The third-order valence-electron chi connectivity index (χ3n) is 2.12.